The predicted octanol–water partition coefficient (Wildman–Crippen LogP) is 1.22. The van der Waals surface area contributed by atoms with Crippen LogP contribution in [0.2, 0.25) is 0 Å². The molecule has 0 aliphatic rings. The molecule has 0 heterocycles. The first kappa shape index (κ1) is 13.5. The number of rotatable bonds is 5. The first-order valence-electron chi connectivity index (χ1n) is 5.50. The van der Waals surface area contributed by atoms with Crippen molar-refractivity contribution in [3.05, 3.63) is 18.2 Å². The van der Waals surface area contributed by atoms with E-state index in [0.717, 1.165) is 17.8 Å². The van der Waals surface area contributed by atoms with Gasteiger partial charge in [-0.05, 0) is 6.07 Å². The first-order valence-corrected chi connectivity index (χ1v) is 5.50. The Balaban J connectivity index is 3.36. The molecule has 0 saturated carbocycles. The lowest BCUT2D eigenvalue weighted by molar-refractivity contribution is -0.835. The van der Waals surface area contributed by atoms with Crippen LogP contribution in [0.4, 0.5) is 11.4 Å². The quantitative estimate of drug-likeness (QED) is 0.352. The normalized spacial score (nSPS) is 12.2. The molecule has 0 atom stereocenters. The lowest BCUT2D eigenvalue weighted by Crippen LogP contribution is -2.76. The van der Waals surface area contributed by atoms with E-state index in [2.05, 4.69) is 0 Å². The molecule has 0 saturated heterocycles. The van der Waals surface area contributed by atoms with Crippen LogP contribution in [0.5, 0.6) is 5.75 Å². The van der Waals surface area contributed by atoms with E-state index in [4.69, 9.17) is 9.68 Å². The minimum absolute atomic E-state index is 0.158. The number of aromatic hydroxyl groups is 1. The van der Waals surface area contributed by atoms with Crippen LogP contribution in [0, 0.1) is 0 Å². The van der Waals surface area contributed by atoms with Crippen LogP contribution in [-0.4, -0.2) is 29.8 Å². The summed E-state index contributed by atoms with van der Waals surface area (Å²) in [6, 6.07) is 5.24. The smallest absolute Gasteiger partial charge is 0.361 e. The highest BCUT2D eigenvalue weighted by Crippen LogP contribution is 2.31. The summed E-state index contributed by atoms with van der Waals surface area (Å²) >= 11 is 0. The third-order valence-electron chi connectivity index (χ3n) is 2.53. The van der Waals surface area contributed by atoms with Crippen LogP contribution in [0.15, 0.2) is 18.2 Å². The summed E-state index contributed by atoms with van der Waals surface area (Å²) in [4.78, 5) is 10.3. The van der Waals surface area contributed by atoms with Gasteiger partial charge in [0, 0.05) is 24.1 Å². The van der Waals surface area contributed by atoms with Gasteiger partial charge in [0.25, 0.3) is 0 Å². The second-order valence-corrected chi connectivity index (χ2v) is 3.63. The van der Waals surface area contributed by atoms with Gasteiger partial charge in [0.15, 0.2) is 5.75 Å². The Morgan fingerprint density at radius 2 is 2.12 bits per heavy atom. The molecule has 5 nitrogen and oxygen atoms in total. The molecule has 0 unspecified atom stereocenters. The van der Waals surface area contributed by atoms with Gasteiger partial charge in [-0.2, -0.15) is 5.48 Å². The van der Waals surface area contributed by atoms with E-state index in [9.17, 15) is 5.11 Å². The Bertz CT molecular complexity index is 416. The third kappa shape index (κ3) is 2.95. The summed E-state index contributed by atoms with van der Waals surface area (Å²) in [6.07, 6.45) is 0.828. The largest absolute Gasteiger partial charge is 0.502 e. The van der Waals surface area contributed by atoms with E-state index >= 15 is 0 Å². The topological polar surface area (TPSA) is 58.3 Å². The zero-order valence-corrected chi connectivity index (χ0v) is 10.7. The van der Waals surface area contributed by atoms with Crippen molar-refractivity contribution >= 4 is 17.1 Å². The number of phenols is 1. The molecule has 94 valence electrons. The molecule has 1 aromatic rings. The maximum atomic E-state index is 9.95. The van der Waals surface area contributed by atoms with Gasteiger partial charge in [0.1, 0.15) is 7.11 Å². The minimum atomic E-state index is 0.158. The van der Waals surface area contributed by atoms with E-state index in [1.165, 1.54) is 0 Å². The van der Waals surface area contributed by atoms with Crippen LogP contribution in [0.25, 0.3) is 0 Å². The highest BCUT2D eigenvalue weighted by atomic mass is 16.7. The Labute approximate surface area is 101 Å². The van der Waals surface area contributed by atoms with Gasteiger partial charge in [-0.3, -0.25) is 4.84 Å². The SMILES string of the molecule is CC/C(C)=[N+](/OC)c1c(O)cccc1[NH2+]OC. The van der Waals surface area contributed by atoms with Crippen molar-refractivity contribution in [2.24, 2.45) is 0 Å². The average molecular weight is 240 g/mol. The monoisotopic (exact) mass is 240 g/mol. The van der Waals surface area contributed by atoms with Crippen LogP contribution in [0.1, 0.15) is 20.3 Å². The Morgan fingerprint density at radius 1 is 1.41 bits per heavy atom. The van der Waals surface area contributed by atoms with Crippen molar-refractivity contribution in [2.75, 3.05) is 14.2 Å². The zero-order valence-electron chi connectivity index (χ0n) is 10.7. The van der Waals surface area contributed by atoms with Crippen molar-refractivity contribution in [3.63, 3.8) is 0 Å². The molecule has 1 rings (SSSR count). The van der Waals surface area contributed by atoms with Gasteiger partial charge >= 0.3 is 5.69 Å². The van der Waals surface area contributed by atoms with Gasteiger partial charge < -0.3 is 5.11 Å². The number of nitrogens with two attached hydrogens (primary N) is 1. The van der Waals surface area contributed by atoms with E-state index in [-0.39, 0.29) is 5.75 Å². The molecular formula is C12H20N2O3+2. The Kier molecular flexibility index (Phi) is 4.93. The zero-order chi connectivity index (χ0) is 12.8. The van der Waals surface area contributed by atoms with Crippen LogP contribution >= 0.6 is 0 Å². The Morgan fingerprint density at radius 3 is 2.65 bits per heavy atom. The molecule has 0 radical (unpaired) electrons. The molecule has 0 fully saturated rings. The maximum Gasteiger partial charge on any atom is 0.361 e. The van der Waals surface area contributed by atoms with E-state index in [0.29, 0.717) is 5.69 Å². The molecule has 0 amide bonds. The molecule has 1 aromatic carbocycles. The second kappa shape index (κ2) is 6.22. The number of quaternary nitrogens is 1. The van der Waals surface area contributed by atoms with Gasteiger partial charge in [0.05, 0.1) is 7.11 Å². The van der Waals surface area contributed by atoms with Gasteiger partial charge in [-0.25, -0.2) is 4.84 Å². The van der Waals surface area contributed by atoms with Crippen molar-refractivity contribution in [3.8, 4) is 5.75 Å². The summed E-state index contributed by atoms with van der Waals surface area (Å²) < 4.78 is 1.61. The maximum absolute atomic E-state index is 9.95. The number of para-hydroxylation sites is 1. The number of hydrogen-bond acceptors (Lipinski definition) is 3. The molecule has 0 bridgehead atoms. The summed E-state index contributed by atoms with van der Waals surface area (Å²) in [5.74, 6) is 0.158. The Hall–Kier alpha value is -1.59. The molecule has 0 aromatic heterocycles. The fraction of sp³-hybridized carbons (Fsp3) is 0.417. The lowest BCUT2D eigenvalue weighted by Gasteiger charge is -2.05. The molecule has 17 heavy (non-hydrogen) atoms. The molecule has 0 spiro atoms. The van der Waals surface area contributed by atoms with Crippen LogP contribution in [-0.2, 0) is 9.68 Å². The fourth-order valence-corrected chi connectivity index (χ4v) is 1.57. The standard InChI is InChI=1S/C12H18N2O3/c1-5-9(2)14(17-4)12-10(13-16-3)7-6-8-11(12)15/h6-8,13H,5H2,1-4H3/p+2/b14-9+. The number of hydrogen-bond donors (Lipinski definition) is 2. The van der Waals surface area contributed by atoms with Gasteiger partial charge in [0.2, 0.25) is 11.4 Å². The van der Waals surface area contributed by atoms with Crippen LogP contribution < -0.4 is 5.48 Å². The summed E-state index contributed by atoms with van der Waals surface area (Å²) in [5.41, 5.74) is 3.93. The predicted molar refractivity (Wildman–Crippen MR) is 64.6 cm³/mol. The number of nitrogens with zero attached hydrogens (tertiary/aromatic N) is 1. The van der Waals surface area contributed by atoms with Gasteiger partial charge in [-0.15, -0.1) is 0 Å². The molecule has 5 heteroatoms. The highest BCUT2D eigenvalue weighted by molar-refractivity contribution is 5.78. The van der Waals surface area contributed by atoms with Gasteiger partial charge in [-0.1, -0.05) is 13.0 Å². The number of benzene rings is 1. The molecule has 3 N–H and O–H groups in total. The van der Waals surface area contributed by atoms with Crippen molar-refractivity contribution in [1.82, 2.24) is 0 Å². The second-order valence-electron chi connectivity index (χ2n) is 3.63. The van der Waals surface area contributed by atoms with E-state index in [1.54, 1.807) is 36.6 Å². The minimum Gasteiger partial charge on any atom is -0.502 e. The van der Waals surface area contributed by atoms with Crippen molar-refractivity contribution in [2.45, 2.75) is 20.3 Å². The van der Waals surface area contributed by atoms with E-state index in [1.807, 2.05) is 19.9 Å². The summed E-state index contributed by atoms with van der Waals surface area (Å²) in [5, 5.41) is 9.95. The lowest BCUT2D eigenvalue weighted by atomic mass is 10.2. The number of phenolic OH excluding ortho intramolecular Hbond substituents is 1. The molecule has 0 aliphatic carbocycles. The highest BCUT2D eigenvalue weighted by Gasteiger charge is 2.27. The third-order valence-corrected chi connectivity index (χ3v) is 2.53. The van der Waals surface area contributed by atoms with Crippen molar-refractivity contribution < 1.29 is 25.0 Å². The first-order chi connectivity index (χ1) is 8.15. The molecular weight excluding hydrogens is 220 g/mol. The fourth-order valence-electron chi connectivity index (χ4n) is 1.57. The average Bonchev–Trinajstić information content (AvgIpc) is 2.33. The summed E-state index contributed by atoms with van der Waals surface area (Å²) in [7, 11) is 3.14. The van der Waals surface area contributed by atoms with E-state index < -0.39 is 0 Å². The molecule has 0 aliphatic heterocycles. The summed E-state index contributed by atoms with van der Waals surface area (Å²) in [6.45, 7) is 3.98. The van der Waals surface area contributed by atoms with Crippen LogP contribution in [0.3, 0.4) is 0 Å². The van der Waals surface area contributed by atoms with Crippen molar-refractivity contribution in [1.29, 1.82) is 0 Å².